The van der Waals surface area contributed by atoms with Gasteiger partial charge in [0.1, 0.15) is 0 Å². The normalized spacial score (nSPS) is 10.7. The van der Waals surface area contributed by atoms with Gasteiger partial charge in [-0.1, -0.05) is 54.1 Å². The predicted molar refractivity (Wildman–Crippen MR) is 113 cm³/mol. The lowest BCUT2D eigenvalue weighted by Crippen LogP contribution is -2.25. The smallest absolute Gasteiger partial charge is 0.278 e. The average molecular weight is 410 g/mol. The largest absolute Gasteiger partial charge is 0.467 e. The summed E-state index contributed by atoms with van der Waals surface area (Å²) in [6, 6.07) is 18.7. The molecule has 1 amide bonds. The summed E-state index contributed by atoms with van der Waals surface area (Å²) in [5.41, 5.74) is 5.06. The number of carbonyl (C=O) groups is 1. The van der Waals surface area contributed by atoms with Gasteiger partial charge in [-0.05, 0) is 30.2 Å². The Morgan fingerprint density at radius 3 is 2.66 bits per heavy atom. The molecule has 8 heteroatoms. The van der Waals surface area contributed by atoms with Crippen LogP contribution in [0.5, 0.6) is 5.88 Å². The number of nitrogens with zero attached hydrogens (tertiary/aromatic N) is 3. The molecule has 2 aromatic carbocycles. The molecule has 2 N–H and O–H groups in total. The van der Waals surface area contributed by atoms with E-state index >= 15 is 0 Å². The van der Waals surface area contributed by atoms with E-state index in [-0.39, 0.29) is 6.61 Å². The maximum absolute atomic E-state index is 11.9. The molecule has 148 valence electrons. The van der Waals surface area contributed by atoms with Crippen LogP contribution < -0.4 is 15.5 Å². The quantitative estimate of drug-likeness (QED) is 0.438. The van der Waals surface area contributed by atoms with Gasteiger partial charge in [0.05, 0.1) is 6.21 Å². The van der Waals surface area contributed by atoms with Crippen molar-refractivity contribution in [3.8, 4) is 5.88 Å². The highest BCUT2D eigenvalue weighted by Gasteiger charge is 2.06. The molecule has 29 heavy (non-hydrogen) atoms. The molecule has 1 heterocycles. The van der Waals surface area contributed by atoms with Gasteiger partial charge in [0.25, 0.3) is 5.91 Å². The summed E-state index contributed by atoms with van der Waals surface area (Å²) >= 11 is 5.82. The van der Waals surface area contributed by atoms with Gasteiger partial charge in [-0.15, -0.1) is 0 Å². The maximum Gasteiger partial charge on any atom is 0.278 e. The Hall–Kier alpha value is -3.45. The Labute approximate surface area is 173 Å². The number of ether oxygens (including phenoxy) is 1. The monoisotopic (exact) mass is 409 g/mol. The number of rotatable bonds is 8. The van der Waals surface area contributed by atoms with E-state index in [9.17, 15) is 4.79 Å². The molecule has 1 aromatic heterocycles. The highest BCUT2D eigenvalue weighted by Crippen LogP contribution is 2.13. The van der Waals surface area contributed by atoms with Crippen LogP contribution in [0.4, 0.5) is 5.95 Å². The van der Waals surface area contributed by atoms with Crippen molar-refractivity contribution in [1.82, 2.24) is 15.4 Å². The molecule has 0 radical (unpaired) electrons. The summed E-state index contributed by atoms with van der Waals surface area (Å²) in [6.45, 7) is 2.20. The van der Waals surface area contributed by atoms with E-state index < -0.39 is 5.91 Å². The Morgan fingerprint density at radius 2 is 1.90 bits per heavy atom. The van der Waals surface area contributed by atoms with Crippen LogP contribution in [0.1, 0.15) is 16.8 Å². The van der Waals surface area contributed by atoms with E-state index in [0.717, 1.165) is 16.8 Å². The van der Waals surface area contributed by atoms with Gasteiger partial charge >= 0.3 is 0 Å². The number of hydrogen-bond acceptors (Lipinski definition) is 6. The lowest BCUT2D eigenvalue weighted by molar-refractivity contribution is -0.123. The molecule has 3 aromatic rings. The minimum absolute atomic E-state index is 0.216. The number of benzene rings is 2. The van der Waals surface area contributed by atoms with E-state index in [1.807, 2.05) is 37.3 Å². The average Bonchev–Trinajstić information content (AvgIpc) is 2.73. The highest BCUT2D eigenvalue weighted by atomic mass is 35.5. The van der Waals surface area contributed by atoms with Gasteiger partial charge in [0, 0.05) is 23.3 Å². The number of anilines is 1. The second kappa shape index (κ2) is 10.2. The molecule has 0 spiro atoms. The fourth-order valence-corrected chi connectivity index (χ4v) is 2.50. The molecule has 0 aliphatic heterocycles. The molecule has 0 saturated heterocycles. The SMILES string of the molecule is Cc1cc(OCC(=O)NN=Cc2ccc(Cl)cc2)nc(NCc2ccccc2)n1. The number of hydrazone groups is 1. The first-order chi connectivity index (χ1) is 14.1. The van der Waals surface area contributed by atoms with Crippen molar-refractivity contribution < 1.29 is 9.53 Å². The van der Waals surface area contributed by atoms with Crippen molar-refractivity contribution in [3.05, 3.63) is 82.5 Å². The second-order valence-corrected chi connectivity index (χ2v) is 6.58. The van der Waals surface area contributed by atoms with Crippen LogP contribution in [0.2, 0.25) is 5.02 Å². The summed E-state index contributed by atoms with van der Waals surface area (Å²) < 4.78 is 5.47. The van der Waals surface area contributed by atoms with Crippen molar-refractivity contribution in [2.24, 2.45) is 5.10 Å². The third-order valence-electron chi connectivity index (χ3n) is 3.75. The van der Waals surface area contributed by atoms with E-state index in [4.69, 9.17) is 16.3 Å². The zero-order valence-corrected chi connectivity index (χ0v) is 16.6. The molecular formula is C21H20ClN5O2. The van der Waals surface area contributed by atoms with Gasteiger partial charge in [-0.2, -0.15) is 10.1 Å². The summed E-state index contributed by atoms with van der Waals surface area (Å²) in [5, 5.41) is 7.68. The first-order valence-corrected chi connectivity index (χ1v) is 9.30. The topological polar surface area (TPSA) is 88.5 Å². The number of aromatic nitrogens is 2. The van der Waals surface area contributed by atoms with Gasteiger partial charge in [0.2, 0.25) is 11.8 Å². The first-order valence-electron chi connectivity index (χ1n) is 8.92. The molecule has 0 bridgehead atoms. The summed E-state index contributed by atoms with van der Waals surface area (Å²) in [4.78, 5) is 20.5. The van der Waals surface area contributed by atoms with E-state index in [0.29, 0.717) is 23.4 Å². The van der Waals surface area contributed by atoms with E-state index in [1.54, 1.807) is 30.3 Å². The molecule has 7 nitrogen and oxygen atoms in total. The molecule has 0 aliphatic carbocycles. The van der Waals surface area contributed by atoms with Crippen LogP contribution in [0.15, 0.2) is 65.8 Å². The van der Waals surface area contributed by atoms with Crippen molar-refractivity contribution in [3.63, 3.8) is 0 Å². The van der Waals surface area contributed by atoms with Gasteiger partial charge in [-0.25, -0.2) is 10.4 Å². The maximum atomic E-state index is 11.9. The number of hydrogen-bond donors (Lipinski definition) is 2. The molecule has 0 atom stereocenters. The van der Waals surface area contributed by atoms with Crippen LogP contribution in [0.3, 0.4) is 0 Å². The number of carbonyl (C=O) groups excluding carboxylic acids is 1. The van der Waals surface area contributed by atoms with Crippen molar-refractivity contribution in [1.29, 1.82) is 0 Å². The zero-order valence-electron chi connectivity index (χ0n) is 15.8. The predicted octanol–water partition coefficient (Wildman–Crippen LogP) is 3.58. The molecule has 0 aliphatic rings. The van der Waals surface area contributed by atoms with Gasteiger partial charge in [-0.3, -0.25) is 4.79 Å². The zero-order chi connectivity index (χ0) is 20.5. The third-order valence-corrected chi connectivity index (χ3v) is 4.00. The minimum Gasteiger partial charge on any atom is -0.467 e. The second-order valence-electron chi connectivity index (χ2n) is 6.14. The number of halogens is 1. The summed E-state index contributed by atoms with van der Waals surface area (Å²) in [7, 11) is 0. The molecule has 0 fully saturated rings. The van der Waals surface area contributed by atoms with Crippen LogP contribution in [0.25, 0.3) is 0 Å². The minimum atomic E-state index is -0.398. The Bertz CT molecular complexity index is 978. The lowest BCUT2D eigenvalue weighted by Gasteiger charge is -2.09. The van der Waals surface area contributed by atoms with E-state index in [1.165, 1.54) is 6.21 Å². The van der Waals surface area contributed by atoms with Crippen LogP contribution in [0, 0.1) is 6.92 Å². The van der Waals surface area contributed by atoms with Crippen LogP contribution >= 0.6 is 11.6 Å². The molecule has 0 unspecified atom stereocenters. The summed E-state index contributed by atoms with van der Waals surface area (Å²) in [5.74, 6) is 0.347. The van der Waals surface area contributed by atoms with Gasteiger partial charge in [0.15, 0.2) is 6.61 Å². The fraction of sp³-hybridized carbons (Fsp3) is 0.143. The van der Waals surface area contributed by atoms with E-state index in [2.05, 4.69) is 25.8 Å². The molecular weight excluding hydrogens is 390 g/mol. The third kappa shape index (κ3) is 6.90. The van der Waals surface area contributed by atoms with Gasteiger partial charge < -0.3 is 10.1 Å². The number of nitrogens with one attached hydrogen (secondary N) is 2. The van der Waals surface area contributed by atoms with Crippen LogP contribution in [-0.4, -0.2) is 28.7 Å². The highest BCUT2D eigenvalue weighted by molar-refractivity contribution is 6.30. The lowest BCUT2D eigenvalue weighted by atomic mass is 10.2. The summed E-state index contributed by atoms with van der Waals surface area (Å²) in [6.07, 6.45) is 1.52. The Morgan fingerprint density at radius 1 is 1.14 bits per heavy atom. The number of aryl methyl sites for hydroxylation is 1. The molecule has 0 saturated carbocycles. The Balaban J connectivity index is 1.49. The fourth-order valence-electron chi connectivity index (χ4n) is 2.37. The first kappa shape index (κ1) is 20.3. The van der Waals surface area contributed by atoms with Crippen molar-refractivity contribution >= 4 is 29.7 Å². The van der Waals surface area contributed by atoms with Crippen LogP contribution in [-0.2, 0) is 11.3 Å². The Kier molecular flexibility index (Phi) is 7.13. The van der Waals surface area contributed by atoms with Crippen molar-refractivity contribution in [2.45, 2.75) is 13.5 Å². The van der Waals surface area contributed by atoms with Crippen molar-refractivity contribution in [2.75, 3.05) is 11.9 Å². The molecule has 3 rings (SSSR count). The standard InChI is InChI=1S/C21H20ClN5O2/c1-15-11-20(26-21(25-15)23-12-16-5-3-2-4-6-16)29-14-19(28)27-24-13-17-7-9-18(22)10-8-17/h2-11,13H,12,14H2,1H3,(H,27,28)(H,23,25,26). The number of amides is 1.